The Morgan fingerprint density at radius 2 is 1.89 bits per heavy atom. The first-order chi connectivity index (χ1) is 9.13. The summed E-state index contributed by atoms with van der Waals surface area (Å²) in [6.07, 6.45) is 2.15. The Bertz CT molecular complexity index is 660. The van der Waals surface area contributed by atoms with Crippen LogP contribution in [0.3, 0.4) is 0 Å². The lowest BCUT2D eigenvalue weighted by Crippen LogP contribution is -2.24. The predicted octanol–water partition coefficient (Wildman–Crippen LogP) is 3.48. The Morgan fingerprint density at radius 3 is 2.53 bits per heavy atom. The zero-order valence-corrected chi connectivity index (χ0v) is 11.7. The Morgan fingerprint density at radius 1 is 1.21 bits per heavy atom. The summed E-state index contributed by atoms with van der Waals surface area (Å²) in [5.74, 6) is 1.17. The molecule has 19 heavy (non-hydrogen) atoms. The minimum atomic E-state index is -0.100. The van der Waals surface area contributed by atoms with Crippen molar-refractivity contribution in [1.29, 1.82) is 0 Å². The molecule has 1 aliphatic rings. The van der Waals surface area contributed by atoms with Crippen molar-refractivity contribution in [2.24, 2.45) is 0 Å². The van der Waals surface area contributed by atoms with E-state index < -0.39 is 0 Å². The summed E-state index contributed by atoms with van der Waals surface area (Å²) in [6, 6.07) is 8.84. The third-order valence-corrected chi connectivity index (χ3v) is 3.65. The molecule has 0 N–H and O–H groups in total. The molecular formula is C14H12Cl2N2O. The van der Waals surface area contributed by atoms with Crippen molar-refractivity contribution in [2.45, 2.75) is 25.3 Å². The molecule has 0 spiro atoms. The third kappa shape index (κ3) is 2.82. The SMILES string of the molecule is O=c1cc(Cl)nc(C2CC2)n1Cc1ccc(Cl)cc1. The molecule has 1 saturated carbocycles. The highest BCUT2D eigenvalue weighted by Crippen LogP contribution is 2.38. The van der Waals surface area contributed by atoms with Crippen LogP contribution < -0.4 is 5.56 Å². The maximum absolute atomic E-state index is 12.1. The number of hydrogen-bond donors (Lipinski definition) is 0. The number of hydrogen-bond acceptors (Lipinski definition) is 2. The molecule has 1 aromatic heterocycles. The first-order valence-corrected chi connectivity index (χ1v) is 6.91. The number of benzene rings is 1. The van der Waals surface area contributed by atoms with Crippen molar-refractivity contribution in [3.05, 3.63) is 62.2 Å². The standard InChI is InChI=1S/C14H12Cl2N2O/c15-11-5-1-9(2-6-11)8-18-13(19)7-12(16)17-14(18)10-3-4-10/h1-2,5-7,10H,3-4,8H2. The van der Waals surface area contributed by atoms with Crippen LogP contribution in [0.25, 0.3) is 0 Å². The number of halogens is 2. The first-order valence-electron chi connectivity index (χ1n) is 6.15. The van der Waals surface area contributed by atoms with Gasteiger partial charge in [-0.15, -0.1) is 0 Å². The van der Waals surface area contributed by atoms with Gasteiger partial charge in [0, 0.05) is 17.0 Å². The van der Waals surface area contributed by atoms with Gasteiger partial charge in [0.2, 0.25) is 0 Å². The van der Waals surface area contributed by atoms with Crippen molar-refractivity contribution in [3.8, 4) is 0 Å². The molecule has 98 valence electrons. The van der Waals surface area contributed by atoms with Crippen molar-refractivity contribution in [3.63, 3.8) is 0 Å². The molecule has 0 amide bonds. The first kappa shape index (κ1) is 12.7. The van der Waals surface area contributed by atoms with Crippen molar-refractivity contribution >= 4 is 23.2 Å². The lowest BCUT2D eigenvalue weighted by atomic mass is 10.2. The molecule has 3 nitrogen and oxygen atoms in total. The molecule has 1 fully saturated rings. The molecule has 0 atom stereocenters. The molecule has 0 saturated heterocycles. The second kappa shape index (κ2) is 4.99. The second-order valence-corrected chi connectivity index (χ2v) is 5.59. The number of rotatable bonds is 3. The van der Waals surface area contributed by atoms with Gasteiger partial charge in [-0.3, -0.25) is 9.36 Å². The van der Waals surface area contributed by atoms with Crippen molar-refractivity contribution < 1.29 is 0 Å². The van der Waals surface area contributed by atoms with Gasteiger partial charge in [0.25, 0.3) is 5.56 Å². The maximum atomic E-state index is 12.1. The van der Waals surface area contributed by atoms with Gasteiger partial charge in [-0.05, 0) is 30.5 Å². The van der Waals surface area contributed by atoms with E-state index in [1.807, 2.05) is 24.3 Å². The van der Waals surface area contributed by atoms with Gasteiger partial charge >= 0.3 is 0 Å². The molecule has 1 aliphatic carbocycles. The molecule has 2 aromatic rings. The second-order valence-electron chi connectivity index (χ2n) is 4.76. The molecule has 0 unspecified atom stereocenters. The van der Waals surface area contributed by atoms with Gasteiger partial charge in [0.15, 0.2) is 0 Å². The van der Waals surface area contributed by atoms with Crippen LogP contribution in [0, 0.1) is 0 Å². The molecule has 0 aliphatic heterocycles. The molecular weight excluding hydrogens is 283 g/mol. The van der Waals surface area contributed by atoms with E-state index in [0.717, 1.165) is 24.2 Å². The van der Waals surface area contributed by atoms with E-state index in [1.165, 1.54) is 6.07 Å². The fourth-order valence-electron chi connectivity index (χ4n) is 2.08. The van der Waals surface area contributed by atoms with Crippen LogP contribution in [-0.2, 0) is 6.54 Å². The lowest BCUT2D eigenvalue weighted by molar-refractivity contribution is 0.669. The number of nitrogens with zero attached hydrogens (tertiary/aromatic N) is 2. The Hall–Kier alpha value is -1.32. The van der Waals surface area contributed by atoms with Crippen LogP contribution in [0.15, 0.2) is 35.1 Å². The smallest absolute Gasteiger partial charge is 0.255 e. The minimum Gasteiger partial charge on any atom is -0.292 e. The molecule has 5 heteroatoms. The fourth-order valence-corrected chi connectivity index (χ4v) is 2.39. The molecule has 1 aromatic carbocycles. The highest BCUT2D eigenvalue weighted by atomic mass is 35.5. The average molecular weight is 295 g/mol. The molecule has 3 rings (SSSR count). The van der Waals surface area contributed by atoms with E-state index in [4.69, 9.17) is 23.2 Å². The summed E-state index contributed by atoms with van der Waals surface area (Å²) in [5, 5.41) is 0.965. The predicted molar refractivity (Wildman–Crippen MR) is 76.0 cm³/mol. The Balaban J connectivity index is 1.99. The quantitative estimate of drug-likeness (QED) is 0.813. The van der Waals surface area contributed by atoms with Gasteiger partial charge < -0.3 is 0 Å². The highest BCUT2D eigenvalue weighted by Gasteiger charge is 2.28. The van der Waals surface area contributed by atoms with Crippen LogP contribution in [0.1, 0.15) is 30.1 Å². The normalized spacial score (nSPS) is 14.6. The Labute approximate surface area is 120 Å². The fraction of sp³-hybridized carbons (Fsp3) is 0.286. The summed E-state index contributed by atoms with van der Waals surface area (Å²) in [5.41, 5.74) is 0.925. The molecule has 0 bridgehead atoms. The van der Waals surface area contributed by atoms with E-state index >= 15 is 0 Å². The maximum Gasteiger partial charge on any atom is 0.255 e. The third-order valence-electron chi connectivity index (χ3n) is 3.20. The minimum absolute atomic E-state index is 0.100. The van der Waals surface area contributed by atoms with E-state index in [9.17, 15) is 4.79 Å². The summed E-state index contributed by atoms with van der Waals surface area (Å²) in [4.78, 5) is 16.4. The summed E-state index contributed by atoms with van der Waals surface area (Å²) < 4.78 is 1.70. The van der Waals surface area contributed by atoms with Crippen LogP contribution >= 0.6 is 23.2 Å². The van der Waals surface area contributed by atoms with Crippen molar-refractivity contribution in [1.82, 2.24) is 9.55 Å². The van der Waals surface area contributed by atoms with Gasteiger partial charge in [0.05, 0.1) is 6.54 Å². The van der Waals surface area contributed by atoms with Gasteiger partial charge in [-0.2, -0.15) is 0 Å². The van der Waals surface area contributed by atoms with Gasteiger partial charge in [-0.1, -0.05) is 35.3 Å². The zero-order valence-electron chi connectivity index (χ0n) is 10.1. The van der Waals surface area contributed by atoms with E-state index in [0.29, 0.717) is 17.5 Å². The summed E-state index contributed by atoms with van der Waals surface area (Å²) >= 11 is 11.7. The van der Waals surface area contributed by atoms with Crippen LogP contribution in [0.5, 0.6) is 0 Å². The highest BCUT2D eigenvalue weighted by molar-refractivity contribution is 6.30. The topological polar surface area (TPSA) is 34.9 Å². The Kier molecular flexibility index (Phi) is 3.33. The van der Waals surface area contributed by atoms with E-state index in [1.54, 1.807) is 4.57 Å². The van der Waals surface area contributed by atoms with E-state index in [-0.39, 0.29) is 10.7 Å². The van der Waals surface area contributed by atoms with Gasteiger partial charge in [0.1, 0.15) is 11.0 Å². The van der Waals surface area contributed by atoms with Crippen LogP contribution in [0.4, 0.5) is 0 Å². The van der Waals surface area contributed by atoms with Crippen LogP contribution in [-0.4, -0.2) is 9.55 Å². The molecule has 0 radical (unpaired) electrons. The largest absolute Gasteiger partial charge is 0.292 e. The summed E-state index contributed by atoms with van der Waals surface area (Å²) in [6.45, 7) is 0.506. The summed E-state index contributed by atoms with van der Waals surface area (Å²) in [7, 11) is 0. The number of aromatic nitrogens is 2. The van der Waals surface area contributed by atoms with Crippen LogP contribution in [0.2, 0.25) is 10.2 Å². The van der Waals surface area contributed by atoms with Crippen molar-refractivity contribution in [2.75, 3.05) is 0 Å². The van der Waals surface area contributed by atoms with E-state index in [2.05, 4.69) is 4.98 Å². The monoisotopic (exact) mass is 294 g/mol. The van der Waals surface area contributed by atoms with Gasteiger partial charge in [-0.25, -0.2) is 4.98 Å². The lowest BCUT2D eigenvalue weighted by Gasteiger charge is -2.11. The average Bonchev–Trinajstić information content (AvgIpc) is 3.19. The molecule has 1 heterocycles. The zero-order chi connectivity index (χ0) is 13.4.